The van der Waals surface area contributed by atoms with E-state index in [4.69, 9.17) is 12.2 Å². The van der Waals surface area contributed by atoms with Crippen LogP contribution < -0.4 is 5.32 Å². The van der Waals surface area contributed by atoms with E-state index in [2.05, 4.69) is 5.32 Å². The Morgan fingerprint density at radius 3 is 2.67 bits per heavy atom. The van der Waals surface area contributed by atoms with Crippen LogP contribution in [0.4, 0.5) is 4.39 Å². The van der Waals surface area contributed by atoms with Gasteiger partial charge in [0.15, 0.2) is 0 Å². The van der Waals surface area contributed by atoms with Gasteiger partial charge in [-0.25, -0.2) is 4.39 Å². The molecule has 0 aliphatic rings. The molecule has 0 bridgehead atoms. The third-order valence-corrected chi connectivity index (χ3v) is 2.09. The molecule has 1 aromatic carbocycles. The van der Waals surface area contributed by atoms with Gasteiger partial charge in [0.1, 0.15) is 10.8 Å². The molecule has 0 unspecified atom stereocenters. The maximum Gasteiger partial charge on any atom is 0.126 e. The number of halogens is 1. The van der Waals surface area contributed by atoms with Crippen LogP contribution in [0.3, 0.4) is 0 Å². The van der Waals surface area contributed by atoms with Crippen molar-refractivity contribution in [3.05, 3.63) is 35.1 Å². The van der Waals surface area contributed by atoms with E-state index >= 15 is 0 Å². The van der Waals surface area contributed by atoms with Gasteiger partial charge < -0.3 is 5.32 Å². The quantitative estimate of drug-likeness (QED) is 0.669. The number of aryl methyl sites for hydroxylation is 1. The van der Waals surface area contributed by atoms with E-state index in [-0.39, 0.29) is 5.82 Å². The van der Waals surface area contributed by atoms with Gasteiger partial charge in [-0.1, -0.05) is 12.2 Å². The summed E-state index contributed by atoms with van der Waals surface area (Å²) in [6.07, 6.45) is 0. The molecule has 1 nitrogen and oxygen atoms in total. The maximum atomic E-state index is 12.8. The maximum absolute atomic E-state index is 12.8. The molecule has 0 heterocycles. The predicted octanol–water partition coefficient (Wildman–Crippen LogP) is 2.03. The summed E-state index contributed by atoms with van der Waals surface area (Å²) in [6, 6.07) is 4.82. The number of hydrogen-bond donors (Lipinski definition) is 1. The Labute approximate surface area is 76.6 Å². The molecule has 0 spiro atoms. The largest absolute Gasteiger partial charge is 0.379 e. The van der Waals surface area contributed by atoms with Gasteiger partial charge >= 0.3 is 0 Å². The van der Waals surface area contributed by atoms with E-state index in [9.17, 15) is 4.39 Å². The highest BCUT2D eigenvalue weighted by Gasteiger charge is 2.01. The minimum Gasteiger partial charge on any atom is -0.379 e. The lowest BCUT2D eigenvalue weighted by atomic mass is 10.1. The van der Waals surface area contributed by atoms with Gasteiger partial charge in [0.05, 0.1) is 0 Å². The van der Waals surface area contributed by atoms with Crippen LogP contribution in [-0.4, -0.2) is 12.0 Å². The Bertz CT molecular complexity index is 309. The minimum atomic E-state index is -0.197. The molecule has 0 radical (unpaired) electrons. The first-order valence-corrected chi connectivity index (χ1v) is 4.04. The first-order chi connectivity index (χ1) is 5.65. The van der Waals surface area contributed by atoms with Crippen LogP contribution in [0.25, 0.3) is 0 Å². The average molecular weight is 183 g/mol. The molecule has 0 amide bonds. The summed E-state index contributed by atoms with van der Waals surface area (Å²) in [7, 11) is 1.75. The summed E-state index contributed by atoms with van der Waals surface area (Å²) in [5, 5.41) is 2.84. The van der Waals surface area contributed by atoms with Crippen LogP contribution in [0.1, 0.15) is 11.1 Å². The van der Waals surface area contributed by atoms with Gasteiger partial charge in [-0.15, -0.1) is 0 Å². The van der Waals surface area contributed by atoms with Crippen molar-refractivity contribution in [3.63, 3.8) is 0 Å². The summed E-state index contributed by atoms with van der Waals surface area (Å²) >= 11 is 4.99. The number of rotatable bonds is 1. The number of thiocarbonyl (C=S) groups is 1. The Morgan fingerprint density at radius 2 is 2.17 bits per heavy atom. The van der Waals surface area contributed by atoms with Crippen molar-refractivity contribution in [1.29, 1.82) is 0 Å². The van der Waals surface area contributed by atoms with Crippen LogP contribution in [-0.2, 0) is 0 Å². The molecule has 0 aliphatic carbocycles. The molecule has 1 rings (SSSR count). The molecule has 64 valence electrons. The minimum absolute atomic E-state index is 0.197. The lowest BCUT2D eigenvalue weighted by molar-refractivity contribution is 0.618. The third-order valence-electron chi connectivity index (χ3n) is 1.65. The molecule has 0 saturated carbocycles. The van der Waals surface area contributed by atoms with E-state index in [1.807, 2.05) is 0 Å². The van der Waals surface area contributed by atoms with Crippen molar-refractivity contribution in [2.24, 2.45) is 0 Å². The van der Waals surface area contributed by atoms with Crippen molar-refractivity contribution in [2.75, 3.05) is 7.05 Å². The fourth-order valence-corrected chi connectivity index (χ4v) is 1.06. The highest BCUT2D eigenvalue weighted by molar-refractivity contribution is 7.80. The zero-order valence-electron chi connectivity index (χ0n) is 7.02. The number of benzene rings is 1. The molecule has 1 N–H and O–H groups in total. The molecule has 0 aromatic heterocycles. The van der Waals surface area contributed by atoms with Crippen molar-refractivity contribution in [2.45, 2.75) is 6.92 Å². The van der Waals surface area contributed by atoms with Crippen molar-refractivity contribution < 1.29 is 4.39 Å². The second-order valence-electron chi connectivity index (χ2n) is 2.54. The lowest BCUT2D eigenvalue weighted by Crippen LogP contribution is -2.16. The molecule has 12 heavy (non-hydrogen) atoms. The van der Waals surface area contributed by atoms with Gasteiger partial charge in [-0.05, 0) is 30.7 Å². The van der Waals surface area contributed by atoms with Crippen LogP contribution in [0, 0.1) is 12.7 Å². The Hall–Kier alpha value is -0.960. The van der Waals surface area contributed by atoms with E-state index in [0.29, 0.717) is 10.6 Å². The first-order valence-electron chi connectivity index (χ1n) is 3.63. The molecule has 0 aliphatic heterocycles. The zero-order valence-corrected chi connectivity index (χ0v) is 7.83. The zero-order chi connectivity index (χ0) is 9.14. The molecule has 3 heteroatoms. The number of nitrogens with one attached hydrogen (secondary N) is 1. The Kier molecular flexibility index (Phi) is 2.76. The van der Waals surface area contributed by atoms with E-state index in [1.54, 1.807) is 26.1 Å². The monoisotopic (exact) mass is 183 g/mol. The fraction of sp³-hybridized carbons (Fsp3) is 0.222. The van der Waals surface area contributed by atoms with Crippen molar-refractivity contribution >= 4 is 17.2 Å². The van der Waals surface area contributed by atoms with Gasteiger partial charge in [-0.2, -0.15) is 0 Å². The van der Waals surface area contributed by atoms with Crippen molar-refractivity contribution in [1.82, 2.24) is 5.32 Å². The van der Waals surface area contributed by atoms with Crippen LogP contribution in [0.2, 0.25) is 0 Å². The van der Waals surface area contributed by atoms with Gasteiger partial charge in [0.2, 0.25) is 0 Å². The van der Waals surface area contributed by atoms with E-state index in [1.165, 1.54) is 6.07 Å². The number of hydrogen-bond acceptors (Lipinski definition) is 1. The van der Waals surface area contributed by atoms with Crippen LogP contribution >= 0.6 is 12.2 Å². The molecule has 0 fully saturated rings. The first kappa shape index (κ1) is 9.13. The molecule has 1 aromatic rings. The molecule has 0 atom stereocenters. The van der Waals surface area contributed by atoms with Gasteiger partial charge in [0, 0.05) is 12.6 Å². The van der Waals surface area contributed by atoms with Crippen molar-refractivity contribution in [3.8, 4) is 0 Å². The van der Waals surface area contributed by atoms with E-state index in [0.717, 1.165) is 5.56 Å². The summed E-state index contributed by atoms with van der Waals surface area (Å²) in [6.45, 7) is 1.72. The Morgan fingerprint density at radius 1 is 1.50 bits per heavy atom. The molecule has 0 saturated heterocycles. The summed E-state index contributed by atoms with van der Waals surface area (Å²) < 4.78 is 12.8. The normalized spacial score (nSPS) is 9.58. The van der Waals surface area contributed by atoms with E-state index < -0.39 is 0 Å². The SMILES string of the molecule is CNC(=S)c1ccc(F)c(C)c1. The third kappa shape index (κ3) is 1.80. The van der Waals surface area contributed by atoms with Gasteiger partial charge in [-0.3, -0.25) is 0 Å². The molecular formula is C9H10FNS. The highest BCUT2D eigenvalue weighted by atomic mass is 32.1. The molecular weight excluding hydrogens is 173 g/mol. The smallest absolute Gasteiger partial charge is 0.126 e. The average Bonchev–Trinajstić information content (AvgIpc) is 2.08. The second kappa shape index (κ2) is 3.63. The Balaban J connectivity index is 3.05. The topological polar surface area (TPSA) is 12.0 Å². The lowest BCUT2D eigenvalue weighted by Gasteiger charge is -2.03. The summed E-state index contributed by atoms with van der Waals surface area (Å²) in [5.74, 6) is -0.197. The predicted molar refractivity (Wildman–Crippen MR) is 51.9 cm³/mol. The second-order valence-corrected chi connectivity index (χ2v) is 2.95. The van der Waals surface area contributed by atoms with Crippen LogP contribution in [0.5, 0.6) is 0 Å². The summed E-state index contributed by atoms with van der Waals surface area (Å²) in [4.78, 5) is 0.637. The fourth-order valence-electron chi connectivity index (χ4n) is 0.930. The summed E-state index contributed by atoms with van der Waals surface area (Å²) in [5.41, 5.74) is 1.47. The highest BCUT2D eigenvalue weighted by Crippen LogP contribution is 2.09. The standard InChI is InChI=1S/C9H10FNS/c1-6-5-7(9(12)11-2)3-4-8(6)10/h3-5H,1-2H3,(H,11,12). The van der Waals surface area contributed by atoms with Crippen LogP contribution in [0.15, 0.2) is 18.2 Å². The van der Waals surface area contributed by atoms with Gasteiger partial charge in [0.25, 0.3) is 0 Å².